The molecule has 1 unspecified atom stereocenters. The van der Waals surface area contributed by atoms with Crippen molar-refractivity contribution in [2.24, 2.45) is 5.16 Å². The van der Waals surface area contributed by atoms with Crippen molar-refractivity contribution in [2.45, 2.75) is 25.4 Å². The molecule has 0 N–H and O–H groups in total. The van der Waals surface area contributed by atoms with Gasteiger partial charge in [0.1, 0.15) is 5.82 Å². The molecule has 0 fully saturated rings. The van der Waals surface area contributed by atoms with Crippen LogP contribution in [0.5, 0.6) is 0 Å². The molecule has 1 atom stereocenters. The average molecular weight is 327 g/mol. The highest BCUT2D eigenvalue weighted by Crippen LogP contribution is 2.41. The lowest BCUT2D eigenvalue weighted by atomic mass is 9.82. The van der Waals surface area contributed by atoms with Gasteiger partial charge in [0.2, 0.25) is 0 Å². The molecular formula is C19H18FNO3. The number of hydrogen-bond acceptors (Lipinski definition) is 4. The summed E-state index contributed by atoms with van der Waals surface area (Å²) in [6, 6.07) is 15.5. The van der Waals surface area contributed by atoms with Crippen LogP contribution in [0.15, 0.2) is 59.8 Å². The number of carbonyl (C=O) groups is 1. The van der Waals surface area contributed by atoms with Crippen LogP contribution in [0.4, 0.5) is 4.39 Å². The number of oxime groups is 1. The maximum absolute atomic E-state index is 13.3. The monoisotopic (exact) mass is 327 g/mol. The van der Waals surface area contributed by atoms with E-state index in [-0.39, 0.29) is 17.9 Å². The fourth-order valence-electron chi connectivity index (χ4n) is 2.72. The first-order valence-electron chi connectivity index (χ1n) is 7.89. The number of esters is 1. The molecule has 5 heteroatoms. The third-order valence-electron chi connectivity index (χ3n) is 3.95. The molecule has 24 heavy (non-hydrogen) atoms. The molecular weight excluding hydrogens is 309 g/mol. The zero-order chi connectivity index (χ0) is 17.0. The van der Waals surface area contributed by atoms with Gasteiger partial charge in [-0.1, -0.05) is 54.5 Å². The number of benzene rings is 2. The van der Waals surface area contributed by atoms with Crippen LogP contribution in [0, 0.1) is 5.82 Å². The Kier molecular flexibility index (Phi) is 4.60. The summed E-state index contributed by atoms with van der Waals surface area (Å²) in [6.45, 7) is 2.26. The van der Waals surface area contributed by atoms with Crippen LogP contribution in [0.2, 0.25) is 0 Å². The molecule has 1 heterocycles. The van der Waals surface area contributed by atoms with E-state index in [9.17, 15) is 9.18 Å². The molecule has 3 rings (SSSR count). The van der Waals surface area contributed by atoms with E-state index in [2.05, 4.69) is 5.16 Å². The molecule has 0 amide bonds. The van der Waals surface area contributed by atoms with E-state index in [1.165, 1.54) is 12.1 Å². The van der Waals surface area contributed by atoms with Gasteiger partial charge in [-0.25, -0.2) is 9.18 Å². The standard InChI is InChI=1S/C19H18FNO3/c1-2-12-23-18(22)17-13-19(24-21-17,14-6-4-3-5-7-14)15-8-10-16(20)11-9-15/h3-11H,2,12-13H2,1H3. The van der Waals surface area contributed by atoms with E-state index in [1.807, 2.05) is 37.3 Å². The molecule has 0 aliphatic carbocycles. The van der Waals surface area contributed by atoms with E-state index in [1.54, 1.807) is 12.1 Å². The molecule has 1 aliphatic heterocycles. The van der Waals surface area contributed by atoms with Gasteiger partial charge in [-0.05, 0) is 18.6 Å². The maximum Gasteiger partial charge on any atom is 0.356 e. The van der Waals surface area contributed by atoms with Crippen LogP contribution in [0.3, 0.4) is 0 Å². The maximum atomic E-state index is 13.3. The lowest BCUT2D eigenvalue weighted by Gasteiger charge is -2.27. The van der Waals surface area contributed by atoms with Crippen LogP contribution in [0.25, 0.3) is 0 Å². The van der Waals surface area contributed by atoms with Crippen LogP contribution in [-0.4, -0.2) is 18.3 Å². The van der Waals surface area contributed by atoms with Gasteiger partial charge in [-0.3, -0.25) is 0 Å². The Hall–Kier alpha value is -2.69. The number of nitrogens with zero attached hydrogens (tertiary/aromatic N) is 1. The Morgan fingerprint density at radius 2 is 1.83 bits per heavy atom. The van der Waals surface area contributed by atoms with Gasteiger partial charge in [0.05, 0.1) is 13.0 Å². The van der Waals surface area contributed by atoms with Gasteiger partial charge in [0.15, 0.2) is 11.3 Å². The molecule has 124 valence electrons. The Labute approximate surface area is 139 Å². The van der Waals surface area contributed by atoms with E-state index >= 15 is 0 Å². The Morgan fingerprint density at radius 3 is 2.50 bits per heavy atom. The van der Waals surface area contributed by atoms with Gasteiger partial charge in [0, 0.05) is 11.1 Å². The van der Waals surface area contributed by atoms with Gasteiger partial charge < -0.3 is 9.57 Å². The second-order valence-electron chi connectivity index (χ2n) is 5.64. The summed E-state index contributed by atoms with van der Waals surface area (Å²) >= 11 is 0. The van der Waals surface area contributed by atoms with Crippen molar-refractivity contribution in [3.63, 3.8) is 0 Å². The SMILES string of the molecule is CCCOC(=O)C1=NOC(c2ccccc2)(c2ccc(F)cc2)C1. The van der Waals surface area contributed by atoms with Crippen LogP contribution in [-0.2, 0) is 20.0 Å². The van der Waals surface area contributed by atoms with Gasteiger partial charge >= 0.3 is 5.97 Å². The van der Waals surface area contributed by atoms with Crippen molar-refractivity contribution in [2.75, 3.05) is 6.61 Å². The first kappa shape index (κ1) is 16.2. The summed E-state index contributed by atoms with van der Waals surface area (Å²) in [5, 5.41) is 3.97. The van der Waals surface area contributed by atoms with Gasteiger partial charge in [-0.2, -0.15) is 0 Å². The van der Waals surface area contributed by atoms with Gasteiger partial charge in [0.25, 0.3) is 0 Å². The summed E-state index contributed by atoms with van der Waals surface area (Å²) in [5.74, 6) is -0.805. The number of hydrogen-bond donors (Lipinski definition) is 0. The Balaban J connectivity index is 1.95. The molecule has 0 radical (unpaired) electrons. The van der Waals surface area contributed by atoms with E-state index in [4.69, 9.17) is 9.57 Å². The molecule has 0 spiro atoms. The average Bonchev–Trinajstić information content (AvgIpc) is 3.08. The van der Waals surface area contributed by atoms with E-state index < -0.39 is 11.6 Å². The number of halogens is 1. The highest BCUT2D eigenvalue weighted by atomic mass is 19.1. The second-order valence-corrected chi connectivity index (χ2v) is 5.64. The van der Waals surface area contributed by atoms with Crippen molar-refractivity contribution >= 4 is 11.7 Å². The van der Waals surface area contributed by atoms with E-state index in [0.29, 0.717) is 6.61 Å². The second kappa shape index (κ2) is 6.83. The molecule has 2 aromatic carbocycles. The van der Waals surface area contributed by atoms with Crippen molar-refractivity contribution in [3.8, 4) is 0 Å². The lowest BCUT2D eigenvalue weighted by molar-refractivity contribution is -0.135. The predicted molar refractivity (Wildman–Crippen MR) is 88.0 cm³/mol. The molecule has 4 nitrogen and oxygen atoms in total. The number of carbonyl (C=O) groups excluding carboxylic acids is 1. The molecule has 0 aromatic heterocycles. The minimum Gasteiger partial charge on any atom is -0.461 e. The zero-order valence-corrected chi connectivity index (χ0v) is 13.4. The molecule has 0 saturated carbocycles. The van der Waals surface area contributed by atoms with Crippen LogP contribution < -0.4 is 0 Å². The normalized spacial score (nSPS) is 19.5. The Morgan fingerprint density at radius 1 is 1.17 bits per heavy atom. The van der Waals surface area contributed by atoms with Crippen molar-refractivity contribution in [3.05, 3.63) is 71.5 Å². The smallest absolute Gasteiger partial charge is 0.356 e. The molecule has 2 aromatic rings. The highest BCUT2D eigenvalue weighted by Gasteiger charge is 2.45. The minimum atomic E-state index is -0.949. The van der Waals surface area contributed by atoms with Crippen LogP contribution >= 0.6 is 0 Å². The summed E-state index contributed by atoms with van der Waals surface area (Å²) in [4.78, 5) is 17.8. The fourth-order valence-corrected chi connectivity index (χ4v) is 2.72. The third-order valence-corrected chi connectivity index (χ3v) is 3.95. The zero-order valence-electron chi connectivity index (χ0n) is 13.4. The van der Waals surface area contributed by atoms with E-state index in [0.717, 1.165) is 17.5 Å². The summed E-state index contributed by atoms with van der Waals surface area (Å²) < 4.78 is 18.5. The summed E-state index contributed by atoms with van der Waals surface area (Å²) in [7, 11) is 0. The Bertz CT molecular complexity index is 743. The number of ether oxygens (including phenoxy) is 1. The van der Waals surface area contributed by atoms with Crippen LogP contribution in [0.1, 0.15) is 30.9 Å². The summed E-state index contributed by atoms with van der Waals surface area (Å²) in [5.41, 5.74) is 0.864. The topological polar surface area (TPSA) is 47.9 Å². The third kappa shape index (κ3) is 3.02. The lowest BCUT2D eigenvalue weighted by Crippen LogP contribution is -2.30. The first-order chi connectivity index (χ1) is 11.7. The van der Waals surface area contributed by atoms with Crippen molar-refractivity contribution < 1.29 is 18.8 Å². The van der Waals surface area contributed by atoms with Crippen molar-refractivity contribution in [1.82, 2.24) is 0 Å². The quantitative estimate of drug-likeness (QED) is 0.785. The molecule has 0 bridgehead atoms. The van der Waals surface area contributed by atoms with Gasteiger partial charge in [-0.15, -0.1) is 0 Å². The predicted octanol–water partition coefficient (Wildman–Crippen LogP) is 3.80. The minimum absolute atomic E-state index is 0.233. The van der Waals surface area contributed by atoms with Crippen molar-refractivity contribution in [1.29, 1.82) is 0 Å². The fraction of sp³-hybridized carbons (Fsp3) is 0.263. The number of rotatable bonds is 5. The first-order valence-corrected chi connectivity index (χ1v) is 7.89. The molecule has 0 saturated heterocycles. The molecule has 1 aliphatic rings. The highest BCUT2D eigenvalue weighted by molar-refractivity contribution is 6.37. The summed E-state index contributed by atoms with van der Waals surface area (Å²) in [6.07, 6.45) is 0.979. The largest absolute Gasteiger partial charge is 0.461 e.